The first-order chi connectivity index (χ1) is 14.2. The van der Waals surface area contributed by atoms with Gasteiger partial charge >= 0.3 is 0 Å². The summed E-state index contributed by atoms with van der Waals surface area (Å²) in [6, 6.07) is 10.8. The van der Waals surface area contributed by atoms with E-state index in [2.05, 4.69) is 24.1 Å². The second-order valence-corrected chi connectivity index (χ2v) is 8.88. The van der Waals surface area contributed by atoms with Gasteiger partial charge in [-0.05, 0) is 48.7 Å². The molecule has 1 fully saturated rings. The zero-order valence-electron chi connectivity index (χ0n) is 17.5. The second kappa shape index (κ2) is 9.71. The first-order valence-electron chi connectivity index (χ1n) is 10.1. The summed E-state index contributed by atoms with van der Waals surface area (Å²) in [6.07, 6.45) is 0.583. The number of benzene rings is 2. The number of amides is 2. The van der Waals surface area contributed by atoms with Gasteiger partial charge in [0, 0.05) is 38.3 Å². The SMILES string of the molecule is Cc1ccc(C(=O)Nc2ccc(N3CCN(C(=O)CC(C)C)CC3)c(Cl)c2)c(Cl)c1. The topological polar surface area (TPSA) is 52.7 Å². The van der Waals surface area contributed by atoms with Gasteiger partial charge in [0.15, 0.2) is 0 Å². The lowest BCUT2D eigenvalue weighted by atomic mass is 10.1. The zero-order valence-corrected chi connectivity index (χ0v) is 19.1. The Morgan fingerprint density at radius 1 is 1.00 bits per heavy atom. The largest absolute Gasteiger partial charge is 0.367 e. The Hall–Kier alpha value is -2.24. The highest BCUT2D eigenvalue weighted by Crippen LogP contribution is 2.30. The van der Waals surface area contributed by atoms with Gasteiger partial charge in [0.25, 0.3) is 5.91 Å². The summed E-state index contributed by atoms with van der Waals surface area (Å²) < 4.78 is 0. The molecule has 2 aromatic rings. The summed E-state index contributed by atoms with van der Waals surface area (Å²) >= 11 is 12.7. The number of piperazine rings is 1. The third-order valence-electron chi connectivity index (χ3n) is 5.13. The van der Waals surface area contributed by atoms with Gasteiger partial charge in [-0.3, -0.25) is 9.59 Å². The van der Waals surface area contributed by atoms with E-state index in [1.165, 1.54) is 0 Å². The monoisotopic (exact) mass is 447 g/mol. The lowest BCUT2D eigenvalue weighted by molar-refractivity contribution is -0.132. The molecule has 5 nitrogen and oxygen atoms in total. The van der Waals surface area contributed by atoms with Crippen LogP contribution in [0.5, 0.6) is 0 Å². The Bertz CT molecular complexity index is 938. The minimum atomic E-state index is -0.277. The van der Waals surface area contributed by atoms with E-state index in [9.17, 15) is 9.59 Å². The Kier molecular flexibility index (Phi) is 7.27. The van der Waals surface area contributed by atoms with Crippen molar-refractivity contribution in [2.24, 2.45) is 5.92 Å². The number of carbonyl (C=O) groups excluding carboxylic acids is 2. The maximum atomic E-state index is 12.5. The van der Waals surface area contributed by atoms with Crippen LogP contribution in [0.4, 0.5) is 11.4 Å². The average Bonchev–Trinajstić information content (AvgIpc) is 2.67. The van der Waals surface area contributed by atoms with E-state index in [1.807, 2.05) is 30.0 Å². The lowest BCUT2D eigenvalue weighted by Crippen LogP contribution is -2.49. The third-order valence-corrected chi connectivity index (χ3v) is 5.75. The van der Waals surface area contributed by atoms with Crippen molar-refractivity contribution >= 4 is 46.4 Å². The number of aryl methyl sites for hydroxylation is 1. The maximum Gasteiger partial charge on any atom is 0.257 e. The van der Waals surface area contributed by atoms with Crippen LogP contribution in [0.3, 0.4) is 0 Å². The standard InChI is InChI=1S/C23H27Cl2N3O2/c1-15(2)12-22(29)28-10-8-27(9-11-28)21-7-5-17(14-20(21)25)26-23(30)18-6-4-16(3)13-19(18)24/h4-7,13-15H,8-12H2,1-3H3,(H,26,30). The van der Waals surface area contributed by atoms with Crippen LogP contribution in [-0.2, 0) is 4.79 Å². The van der Waals surface area contributed by atoms with Crippen LogP contribution >= 0.6 is 23.2 Å². The van der Waals surface area contributed by atoms with Crippen molar-refractivity contribution in [1.29, 1.82) is 0 Å². The Morgan fingerprint density at radius 2 is 1.70 bits per heavy atom. The van der Waals surface area contributed by atoms with Gasteiger partial charge in [-0.15, -0.1) is 0 Å². The van der Waals surface area contributed by atoms with E-state index in [0.717, 1.165) is 24.3 Å². The summed E-state index contributed by atoms with van der Waals surface area (Å²) in [4.78, 5) is 28.9. The Balaban J connectivity index is 1.63. The molecule has 0 atom stereocenters. The maximum absolute atomic E-state index is 12.5. The van der Waals surface area contributed by atoms with E-state index in [-0.39, 0.29) is 11.8 Å². The predicted octanol–water partition coefficient (Wildman–Crippen LogP) is 5.25. The fraction of sp³-hybridized carbons (Fsp3) is 0.391. The van der Waals surface area contributed by atoms with Crippen LogP contribution in [0.15, 0.2) is 36.4 Å². The van der Waals surface area contributed by atoms with Gasteiger partial charge < -0.3 is 15.1 Å². The minimum Gasteiger partial charge on any atom is -0.367 e. The van der Waals surface area contributed by atoms with E-state index in [4.69, 9.17) is 23.2 Å². The van der Waals surface area contributed by atoms with E-state index in [0.29, 0.717) is 46.7 Å². The molecule has 0 aromatic heterocycles. The molecule has 2 amide bonds. The van der Waals surface area contributed by atoms with Crippen LogP contribution in [0.2, 0.25) is 10.0 Å². The Morgan fingerprint density at radius 3 is 2.30 bits per heavy atom. The molecule has 1 aliphatic rings. The number of nitrogens with one attached hydrogen (secondary N) is 1. The number of hydrogen-bond acceptors (Lipinski definition) is 3. The number of halogens is 2. The van der Waals surface area contributed by atoms with Crippen molar-refractivity contribution in [2.45, 2.75) is 27.2 Å². The third kappa shape index (κ3) is 5.46. The van der Waals surface area contributed by atoms with Gasteiger partial charge in [0.1, 0.15) is 0 Å². The molecule has 0 spiro atoms. The minimum absolute atomic E-state index is 0.212. The molecule has 3 rings (SSSR count). The van der Waals surface area contributed by atoms with E-state index >= 15 is 0 Å². The number of carbonyl (C=O) groups is 2. The second-order valence-electron chi connectivity index (χ2n) is 8.07. The molecule has 1 aliphatic heterocycles. The molecular formula is C23H27Cl2N3O2. The molecule has 0 saturated carbocycles. The predicted molar refractivity (Wildman–Crippen MR) is 124 cm³/mol. The summed E-state index contributed by atoms with van der Waals surface area (Å²) in [5, 5.41) is 3.83. The number of nitrogens with zero attached hydrogens (tertiary/aromatic N) is 2. The quantitative estimate of drug-likeness (QED) is 0.680. The molecule has 30 heavy (non-hydrogen) atoms. The first-order valence-corrected chi connectivity index (χ1v) is 10.9. The van der Waals surface area contributed by atoms with Gasteiger partial charge in [0.05, 0.1) is 21.3 Å². The van der Waals surface area contributed by atoms with Crippen LogP contribution in [0.25, 0.3) is 0 Å². The lowest BCUT2D eigenvalue weighted by Gasteiger charge is -2.36. The number of anilines is 2. The summed E-state index contributed by atoms with van der Waals surface area (Å²) in [5.41, 5.74) is 2.93. The highest BCUT2D eigenvalue weighted by Gasteiger charge is 2.23. The van der Waals surface area contributed by atoms with Crippen LogP contribution in [0, 0.1) is 12.8 Å². The average molecular weight is 448 g/mol. The normalized spacial score (nSPS) is 14.2. The van der Waals surface area contributed by atoms with E-state index < -0.39 is 0 Å². The smallest absolute Gasteiger partial charge is 0.257 e. The van der Waals surface area contributed by atoms with E-state index in [1.54, 1.807) is 18.2 Å². The molecule has 7 heteroatoms. The molecule has 1 heterocycles. The van der Waals surface area contributed by atoms with Gasteiger partial charge in [0.2, 0.25) is 5.91 Å². The molecule has 0 radical (unpaired) electrons. The highest BCUT2D eigenvalue weighted by atomic mass is 35.5. The zero-order chi connectivity index (χ0) is 21.8. The first kappa shape index (κ1) is 22.4. The fourth-order valence-electron chi connectivity index (χ4n) is 3.52. The molecule has 160 valence electrons. The van der Waals surface area contributed by atoms with Crippen LogP contribution < -0.4 is 10.2 Å². The molecule has 2 aromatic carbocycles. The van der Waals surface area contributed by atoms with Gasteiger partial charge in [-0.1, -0.05) is 43.1 Å². The van der Waals surface area contributed by atoms with Crippen molar-refractivity contribution in [1.82, 2.24) is 4.90 Å². The summed E-state index contributed by atoms with van der Waals surface area (Å²) in [6.45, 7) is 8.87. The van der Waals surface area contributed by atoms with Gasteiger partial charge in [-0.2, -0.15) is 0 Å². The summed E-state index contributed by atoms with van der Waals surface area (Å²) in [7, 11) is 0. The Labute approximate surface area is 187 Å². The molecule has 0 aliphatic carbocycles. The molecule has 1 N–H and O–H groups in total. The van der Waals surface area contributed by atoms with Crippen LogP contribution in [0.1, 0.15) is 36.2 Å². The number of rotatable bonds is 5. The molecule has 0 bridgehead atoms. The van der Waals surface area contributed by atoms with Crippen molar-refractivity contribution in [3.05, 3.63) is 57.6 Å². The van der Waals surface area contributed by atoms with Gasteiger partial charge in [-0.25, -0.2) is 0 Å². The van der Waals surface area contributed by atoms with Crippen molar-refractivity contribution in [3.8, 4) is 0 Å². The molecule has 0 unspecified atom stereocenters. The molecular weight excluding hydrogens is 421 g/mol. The van der Waals surface area contributed by atoms with Crippen molar-refractivity contribution in [2.75, 3.05) is 36.4 Å². The highest BCUT2D eigenvalue weighted by molar-refractivity contribution is 6.35. The summed E-state index contributed by atoms with van der Waals surface area (Å²) in [5.74, 6) is 0.298. The fourth-order valence-corrected chi connectivity index (χ4v) is 4.14. The number of hydrogen-bond donors (Lipinski definition) is 1. The van der Waals surface area contributed by atoms with Crippen molar-refractivity contribution in [3.63, 3.8) is 0 Å². The molecule has 1 saturated heterocycles. The van der Waals surface area contributed by atoms with Crippen molar-refractivity contribution < 1.29 is 9.59 Å². The van der Waals surface area contributed by atoms with Crippen LogP contribution in [-0.4, -0.2) is 42.9 Å².